The van der Waals surface area contributed by atoms with Crippen LogP contribution in [0.25, 0.3) is 0 Å². The Morgan fingerprint density at radius 2 is 2.20 bits per heavy atom. The largest absolute Gasteiger partial charge is 0.504 e. The van der Waals surface area contributed by atoms with E-state index in [9.17, 15) is 5.11 Å². The van der Waals surface area contributed by atoms with Gasteiger partial charge in [-0.15, -0.1) is 0 Å². The van der Waals surface area contributed by atoms with Crippen molar-refractivity contribution in [2.24, 2.45) is 5.73 Å². The number of benzene rings is 1. The summed E-state index contributed by atoms with van der Waals surface area (Å²) in [6.45, 7) is 4.08. The van der Waals surface area contributed by atoms with Crippen molar-refractivity contribution in [1.82, 2.24) is 9.80 Å². The molecule has 1 aliphatic heterocycles. The van der Waals surface area contributed by atoms with Crippen LogP contribution in [-0.4, -0.2) is 61.3 Å². The zero-order valence-corrected chi connectivity index (χ0v) is 12.7. The number of ether oxygens (including phenoxy) is 1. The van der Waals surface area contributed by atoms with Crippen LogP contribution in [0.5, 0.6) is 11.5 Å². The van der Waals surface area contributed by atoms with E-state index in [0.29, 0.717) is 23.9 Å². The van der Waals surface area contributed by atoms with Gasteiger partial charge in [-0.1, -0.05) is 11.6 Å². The lowest BCUT2D eigenvalue weighted by molar-refractivity contribution is 0.0873. The Labute approximate surface area is 124 Å². The number of hydrogen-bond acceptors (Lipinski definition) is 5. The maximum Gasteiger partial charge on any atom is 0.162 e. The van der Waals surface area contributed by atoms with Crippen molar-refractivity contribution in [3.8, 4) is 11.5 Å². The Kier molecular flexibility index (Phi) is 5.10. The van der Waals surface area contributed by atoms with Crippen LogP contribution in [0.2, 0.25) is 5.02 Å². The third-order valence-corrected chi connectivity index (χ3v) is 4.01. The van der Waals surface area contributed by atoms with Gasteiger partial charge in [0, 0.05) is 55.4 Å². The van der Waals surface area contributed by atoms with Crippen molar-refractivity contribution >= 4 is 11.6 Å². The molecular weight excluding hydrogens is 278 g/mol. The molecule has 1 heterocycles. The van der Waals surface area contributed by atoms with Crippen LogP contribution < -0.4 is 10.5 Å². The van der Waals surface area contributed by atoms with E-state index in [4.69, 9.17) is 22.1 Å². The number of phenolic OH excluding ortho intramolecular Hbond substituents is 1. The molecule has 1 aromatic rings. The number of phenols is 1. The van der Waals surface area contributed by atoms with Gasteiger partial charge in [-0.25, -0.2) is 0 Å². The number of rotatable bonds is 4. The minimum absolute atomic E-state index is 0.159. The Morgan fingerprint density at radius 1 is 1.45 bits per heavy atom. The van der Waals surface area contributed by atoms with Crippen molar-refractivity contribution in [1.29, 1.82) is 0 Å². The fourth-order valence-electron chi connectivity index (χ4n) is 2.60. The fraction of sp³-hybridized carbons (Fsp3) is 0.571. The molecule has 2 rings (SSSR count). The van der Waals surface area contributed by atoms with Crippen LogP contribution in [-0.2, 0) is 6.54 Å². The molecule has 6 heteroatoms. The molecule has 1 saturated heterocycles. The quantitative estimate of drug-likeness (QED) is 0.873. The molecule has 0 spiro atoms. The molecule has 0 aromatic heterocycles. The summed E-state index contributed by atoms with van der Waals surface area (Å²) in [6.07, 6.45) is 0. The van der Waals surface area contributed by atoms with E-state index >= 15 is 0 Å². The van der Waals surface area contributed by atoms with E-state index in [0.717, 1.165) is 25.2 Å². The van der Waals surface area contributed by atoms with Gasteiger partial charge >= 0.3 is 0 Å². The van der Waals surface area contributed by atoms with Crippen molar-refractivity contribution in [2.45, 2.75) is 12.6 Å². The highest BCUT2D eigenvalue weighted by atomic mass is 35.5. The second-order valence-electron chi connectivity index (χ2n) is 5.24. The highest BCUT2D eigenvalue weighted by Crippen LogP contribution is 2.34. The van der Waals surface area contributed by atoms with Crippen LogP contribution >= 0.6 is 11.6 Å². The number of likely N-dealkylation sites (N-methyl/N-ethyl adjacent to an activating group) is 1. The molecule has 1 aromatic carbocycles. The smallest absolute Gasteiger partial charge is 0.162 e. The summed E-state index contributed by atoms with van der Waals surface area (Å²) in [5.74, 6) is 0.567. The van der Waals surface area contributed by atoms with Crippen LogP contribution in [0.15, 0.2) is 12.1 Å². The van der Waals surface area contributed by atoms with Crippen molar-refractivity contribution in [3.63, 3.8) is 0 Å². The Balaban J connectivity index is 2.18. The highest BCUT2D eigenvalue weighted by molar-refractivity contribution is 6.30. The fourth-order valence-corrected chi connectivity index (χ4v) is 2.83. The van der Waals surface area contributed by atoms with Crippen molar-refractivity contribution in [2.75, 3.05) is 40.3 Å². The maximum absolute atomic E-state index is 10.2. The number of methoxy groups -OCH3 is 1. The zero-order chi connectivity index (χ0) is 14.7. The lowest BCUT2D eigenvalue weighted by Crippen LogP contribution is -2.54. The average Bonchev–Trinajstić information content (AvgIpc) is 2.44. The Morgan fingerprint density at radius 3 is 2.85 bits per heavy atom. The van der Waals surface area contributed by atoms with Crippen molar-refractivity contribution < 1.29 is 9.84 Å². The Hall–Kier alpha value is -1.01. The monoisotopic (exact) mass is 299 g/mol. The number of nitrogens with zero attached hydrogens (tertiary/aromatic N) is 2. The molecule has 112 valence electrons. The number of piperazine rings is 1. The van der Waals surface area contributed by atoms with Crippen molar-refractivity contribution in [3.05, 3.63) is 22.7 Å². The molecule has 0 bridgehead atoms. The molecule has 5 nitrogen and oxygen atoms in total. The van der Waals surface area contributed by atoms with Gasteiger partial charge in [0.2, 0.25) is 0 Å². The summed E-state index contributed by atoms with van der Waals surface area (Å²) in [5, 5.41) is 10.8. The first-order valence-corrected chi connectivity index (χ1v) is 7.11. The predicted octanol–water partition coefficient (Wildman–Crippen LogP) is 1.13. The Bertz CT molecular complexity index is 470. The van der Waals surface area contributed by atoms with E-state index in [1.165, 1.54) is 7.11 Å². The SMILES string of the molecule is COc1cc(Cl)cc(CN2CCN(C)CC2CN)c1O. The molecule has 0 radical (unpaired) electrons. The van der Waals surface area contributed by atoms with Crippen LogP contribution in [0.4, 0.5) is 0 Å². The molecule has 1 atom stereocenters. The number of halogens is 1. The molecule has 0 aliphatic carbocycles. The van der Waals surface area contributed by atoms with Gasteiger partial charge in [0.25, 0.3) is 0 Å². The average molecular weight is 300 g/mol. The van der Waals surface area contributed by atoms with Crippen LogP contribution in [0.1, 0.15) is 5.56 Å². The third-order valence-electron chi connectivity index (χ3n) is 3.79. The molecule has 1 unspecified atom stereocenters. The maximum atomic E-state index is 10.2. The van der Waals surface area contributed by atoms with Gasteiger partial charge in [0.1, 0.15) is 0 Å². The summed E-state index contributed by atoms with van der Waals surface area (Å²) in [7, 11) is 3.62. The normalized spacial score (nSPS) is 21.1. The third kappa shape index (κ3) is 3.35. The second kappa shape index (κ2) is 6.63. The number of hydrogen-bond donors (Lipinski definition) is 2. The van der Waals surface area contributed by atoms with E-state index in [-0.39, 0.29) is 11.8 Å². The lowest BCUT2D eigenvalue weighted by atomic mass is 10.1. The van der Waals surface area contributed by atoms with Gasteiger partial charge in [-0.2, -0.15) is 0 Å². The predicted molar refractivity (Wildman–Crippen MR) is 80.4 cm³/mol. The minimum atomic E-state index is 0.159. The summed E-state index contributed by atoms with van der Waals surface area (Å²) in [4.78, 5) is 4.55. The van der Waals surface area contributed by atoms with Gasteiger partial charge in [0.15, 0.2) is 11.5 Å². The minimum Gasteiger partial charge on any atom is -0.504 e. The standard InChI is InChI=1S/C14H22ClN3O2/c1-17-3-4-18(12(7-16)9-17)8-10-5-11(15)6-13(20-2)14(10)19/h5-6,12,19H,3-4,7-9,16H2,1-2H3. The molecule has 1 fully saturated rings. The molecule has 0 amide bonds. The van der Waals surface area contributed by atoms with Gasteiger partial charge < -0.3 is 20.5 Å². The van der Waals surface area contributed by atoms with Crippen LogP contribution in [0.3, 0.4) is 0 Å². The van der Waals surface area contributed by atoms with E-state index in [2.05, 4.69) is 16.8 Å². The lowest BCUT2D eigenvalue weighted by Gasteiger charge is -2.39. The summed E-state index contributed by atoms with van der Waals surface area (Å²) in [6, 6.07) is 3.69. The zero-order valence-electron chi connectivity index (χ0n) is 12.0. The molecule has 0 saturated carbocycles. The topological polar surface area (TPSA) is 62.0 Å². The first kappa shape index (κ1) is 15.4. The second-order valence-corrected chi connectivity index (χ2v) is 5.67. The summed E-state index contributed by atoms with van der Waals surface area (Å²) in [5.41, 5.74) is 6.63. The number of aromatic hydroxyl groups is 1. The van der Waals surface area contributed by atoms with Gasteiger partial charge in [0.05, 0.1) is 7.11 Å². The summed E-state index contributed by atoms with van der Waals surface area (Å²) < 4.78 is 5.14. The van der Waals surface area contributed by atoms with Crippen LogP contribution in [0, 0.1) is 0 Å². The van der Waals surface area contributed by atoms with Gasteiger partial charge in [-0.05, 0) is 13.1 Å². The van der Waals surface area contributed by atoms with E-state index in [1.54, 1.807) is 12.1 Å². The first-order chi connectivity index (χ1) is 9.55. The molecule has 3 N–H and O–H groups in total. The van der Waals surface area contributed by atoms with E-state index in [1.807, 2.05) is 0 Å². The molecule has 20 heavy (non-hydrogen) atoms. The van der Waals surface area contributed by atoms with Gasteiger partial charge in [-0.3, -0.25) is 4.90 Å². The molecule has 1 aliphatic rings. The molecular formula is C14H22ClN3O2. The van der Waals surface area contributed by atoms with E-state index < -0.39 is 0 Å². The number of nitrogens with two attached hydrogens (primary N) is 1. The highest BCUT2D eigenvalue weighted by Gasteiger charge is 2.25. The summed E-state index contributed by atoms with van der Waals surface area (Å²) >= 11 is 6.07. The first-order valence-electron chi connectivity index (χ1n) is 6.73.